The molecule has 0 aliphatic carbocycles. The highest BCUT2D eigenvalue weighted by Gasteiger charge is 2.21. The first-order valence-electron chi connectivity index (χ1n) is 6.78. The van der Waals surface area contributed by atoms with Crippen molar-refractivity contribution in [2.24, 2.45) is 0 Å². The third-order valence-corrected chi connectivity index (χ3v) is 3.38. The zero-order valence-electron chi connectivity index (χ0n) is 12.0. The number of ether oxygens (including phenoxy) is 1. The fourth-order valence-electron chi connectivity index (χ4n) is 2.16. The summed E-state index contributed by atoms with van der Waals surface area (Å²) in [5.41, 5.74) is 1.88. The van der Waals surface area contributed by atoms with Gasteiger partial charge in [0.25, 0.3) is 0 Å². The highest BCUT2D eigenvalue weighted by Crippen LogP contribution is 2.15. The number of carbonyl (C=O) groups is 2. The molecule has 0 saturated carbocycles. The van der Waals surface area contributed by atoms with Gasteiger partial charge in [0.2, 0.25) is 11.8 Å². The van der Waals surface area contributed by atoms with Gasteiger partial charge in [0, 0.05) is 25.7 Å². The highest BCUT2D eigenvalue weighted by atomic mass is 16.5. The van der Waals surface area contributed by atoms with Gasteiger partial charge in [-0.05, 0) is 19.1 Å². The molecule has 1 fully saturated rings. The molecule has 0 unspecified atom stereocenters. The molecule has 0 N–H and O–H groups in total. The van der Waals surface area contributed by atoms with Gasteiger partial charge < -0.3 is 14.5 Å². The number of benzene rings is 1. The minimum atomic E-state index is -0.129. The van der Waals surface area contributed by atoms with Crippen LogP contribution in [0.15, 0.2) is 24.3 Å². The molecule has 0 atom stereocenters. The molecular formula is C15H20N2O3. The van der Waals surface area contributed by atoms with Gasteiger partial charge in [0.1, 0.15) is 6.54 Å². The maximum Gasteiger partial charge on any atom is 0.242 e. The van der Waals surface area contributed by atoms with E-state index >= 15 is 0 Å². The van der Waals surface area contributed by atoms with E-state index in [9.17, 15) is 9.59 Å². The summed E-state index contributed by atoms with van der Waals surface area (Å²) in [5.74, 6) is -0.167. The number of anilines is 1. The second-order valence-corrected chi connectivity index (χ2v) is 4.93. The van der Waals surface area contributed by atoms with Crippen molar-refractivity contribution in [2.45, 2.75) is 13.8 Å². The second-order valence-electron chi connectivity index (χ2n) is 4.93. The van der Waals surface area contributed by atoms with Gasteiger partial charge in [0.15, 0.2) is 0 Å². The minimum Gasteiger partial charge on any atom is -0.378 e. The van der Waals surface area contributed by atoms with Gasteiger partial charge >= 0.3 is 0 Å². The Kier molecular flexibility index (Phi) is 4.74. The van der Waals surface area contributed by atoms with Crippen LogP contribution in [-0.4, -0.2) is 49.6 Å². The first-order valence-corrected chi connectivity index (χ1v) is 6.78. The standard InChI is InChI=1S/C15H20N2O3/c1-12-3-5-14(6-4-12)17(13(2)18)11-15(19)16-7-9-20-10-8-16/h3-6H,7-11H2,1-2H3. The molecule has 2 rings (SSSR count). The Morgan fingerprint density at radius 1 is 1.20 bits per heavy atom. The van der Waals surface area contributed by atoms with Gasteiger partial charge in [0.05, 0.1) is 13.2 Å². The largest absolute Gasteiger partial charge is 0.378 e. The van der Waals surface area contributed by atoms with Crippen molar-refractivity contribution in [2.75, 3.05) is 37.7 Å². The molecule has 5 heteroatoms. The summed E-state index contributed by atoms with van der Waals surface area (Å²) in [6, 6.07) is 7.60. The van der Waals surface area contributed by atoms with Crippen molar-refractivity contribution < 1.29 is 14.3 Å². The Morgan fingerprint density at radius 3 is 2.35 bits per heavy atom. The summed E-state index contributed by atoms with van der Waals surface area (Å²) in [6.07, 6.45) is 0. The summed E-state index contributed by atoms with van der Waals surface area (Å²) in [7, 11) is 0. The maximum atomic E-state index is 12.2. The van der Waals surface area contributed by atoms with Gasteiger partial charge in [-0.1, -0.05) is 17.7 Å². The van der Waals surface area contributed by atoms with E-state index in [1.807, 2.05) is 31.2 Å². The molecule has 108 valence electrons. The Morgan fingerprint density at radius 2 is 1.80 bits per heavy atom. The van der Waals surface area contributed by atoms with Crippen LogP contribution in [0.1, 0.15) is 12.5 Å². The van der Waals surface area contributed by atoms with Crippen LogP contribution in [0, 0.1) is 6.92 Å². The molecule has 1 saturated heterocycles. The molecule has 2 amide bonds. The molecule has 0 spiro atoms. The van der Waals surface area contributed by atoms with Crippen molar-refractivity contribution in [3.05, 3.63) is 29.8 Å². The molecule has 0 aromatic heterocycles. The summed E-state index contributed by atoms with van der Waals surface area (Å²) in [4.78, 5) is 27.3. The van der Waals surface area contributed by atoms with Crippen LogP contribution in [0.3, 0.4) is 0 Å². The lowest BCUT2D eigenvalue weighted by molar-refractivity contribution is -0.134. The zero-order valence-corrected chi connectivity index (χ0v) is 12.0. The lowest BCUT2D eigenvalue weighted by atomic mass is 10.2. The predicted octanol–water partition coefficient (Wildman–Crippen LogP) is 1.21. The van der Waals surface area contributed by atoms with Gasteiger partial charge in [-0.2, -0.15) is 0 Å². The maximum absolute atomic E-state index is 12.2. The van der Waals surface area contributed by atoms with E-state index in [1.165, 1.54) is 11.8 Å². The summed E-state index contributed by atoms with van der Waals surface area (Å²) < 4.78 is 5.23. The average molecular weight is 276 g/mol. The fraction of sp³-hybridized carbons (Fsp3) is 0.467. The number of amides is 2. The molecule has 1 aliphatic heterocycles. The van der Waals surface area contributed by atoms with E-state index in [2.05, 4.69) is 0 Å². The van der Waals surface area contributed by atoms with Crippen LogP contribution < -0.4 is 4.90 Å². The number of carbonyl (C=O) groups excluding carboxylic acids is 2. The number of nitrogens with zero attached hydrogens (tertiary/aromatic N) is 2. The molecule has 1 aliphatic rings. The van der Waals surface area contributed by atoms with Crippen molar-refractivity contribution in [1.82, 2.24) is 4.90 Å². The van der Waals surface area contributed by atoms with E-state index in [0.29, 0.717) is 26.3 Å². The number of hydrogen-bond donors (Lipinski definition) is 0. The average Bonchev–Trinajstić information content (AvgIpc) is 2.46. The monoisotopic (exact) mass is 276 g/mol. The smallest absolute Gasteiger partial charge is 0.242 e. The minimum absolute atomic E-state index is 0.0379. The Balaban J connectivity index is 2.07. The number of hydrogen-bond acceptors (Lipinski definition) is 3. The molecule has 5 nitrogen and oxygen atoms in total. The third kappa shape index (κ3) is 3.57. The Bertz CT molecular complexity index is 478. The van der Waals surface area contributed by atoms with Crippen LogP contribution in [0.4, 0.5) is 5.69 Å². The Hall–Kier alpha value is -1.88. The van der Waals surface area contributed by atoms with Crippen LogP contribution >= 0.6 is 0 Å². The summed E-state index contributed by atoms with van der Waals surface area (Å²) in [6.45, 7) is 5.87. The molecular weight excluding hydrogens is 256 g/mol. The topological polar surface area (TPSA) is 49.9 Å². The molecule has 0 radical (unpaired) electrons. The van der Waals surface area contributed by atoms with Crippen molar-refractivity contribution in [1.29, 1.82) is 0 Å². The van der Waals surface area contributed by atoms with E-state index in [0.717, 1.165) is 11.3 Å². The van der Waals surface area contributed by atoms with Gasteiger partial charge in [-0.3, -0.25) is 9.59 Å². The SMILES string of the molecule is CC(=O)N(CC(=O)N1CCOCC1)c1ccc(C)cc1. The number of rotatable bonds is 3. The van der Waals surface area contributed by atoms with E-state index in [4.69, 9.17) is 4.74 Å². The first-order chi connectivity index (χ1) is 9.58. The number of morpholine rings is 1. The zero-order chi connectivity index (χ0) is 14.5. The molecule has 0 bridgehead atoms. The third-order valence-electron chi connectivity index (χ3n) is 3.38. The van der Waals surface area contributed by atoms with Crippen molar-refractivity contribution in [3.63, 3.8) is 0 Å². The lowest BCUT2D eigenvalue weighted by Crippen LogP contribution is -2.46. The van der Waals surface area contributed by atoms with Crippen LogP contribution in [0.2, 0.25) is 0 Å². The molecule has 1 aromatic rings. The van der Waals surface area contributed by atoms with Crippen LogP contribution in [-0.2, 0) is 14.3 Å². The van der Waals surface area contributed by atoms with E-state index in [1.54, 1.807) is 4.90 Å². The van der Waals surface area contributed by atoms with Crippen molar-refractivity contribution >= 4 is 17.5 Å². The number of aryl methyl sites for hydroxylation is 1. The summed E-state index contributed by atoms with van der Waals surface area (Å²) >= 11 is 0. The van der Waals surface area contributed by atoms with Crippen molar-refractivity contribution in [3.8, 4) is 0 Å². The van der Waals surface area contributed by atoms with Gasteiger partial charge in [-0.25, -0.2) is 0 Å². The first kappa shape index (κ1) is 14.5. The van der Waals surface area contributed by atoms with Crippen LogP contribution in [0.5, 0.6) is 0 Å². The van der Waals surface area contributed by atoms with E-state index < -0.39 is 0 Å². The van der Waals surface area contributed by atoms with E-state index in [-0.39, 0.29) is 18.4 Å². The highest BCUT2D eigenvalue weighted by molar-refractivity contribution is 5.97. The predicted molar refractivity (Wildman–Crippen MR) is 76.6 cm³/mol. The molecule has 1 aromatic carbocycles. The Labute approximate surface area is 119 Å². The van der Waals surface area contributed by atoms with Crippen LogP contribution in [0.25, 0.3) is 0 Å². The van der Waals surface area contributed by atoms with Gasteiger partial charge in [-0.15, -0.1) is 0 Å². The fourth-order valence-corrected chi connectivity index (χ4v) is 2.16. The second kappa shape index (κ2) is 6.52. The summed E-state index contributed by atoms with van der Waals surface area (Å²) in [5, 5.41) is 0. The normalized spacial score (nSPS) is 15.0. The lowest BCUT2D eigenvalue weighted by Gasteiger charge is -2.29. The molecule has 1 heterocycles. The molecule has 20 heavy (non-hydrogen) atoms. The quantitative estimate of drug-likeness (QED) is 0.833.